The molecule has 2 rings (SSSR count). The molecule has 0 saturated heterocycles. The summed E-state index contributed by atoms with van der Waals surface area (Å²) in [5.74, 6) is 0.773. The van der Waals surface area contributed by atoms with E-state index in [0.29, 0.717) is 6.54 Å². The number of aromatic nitrogens is 3. The molecule has 0 radical (unpaired) electrons. The first-order valence-corrected chi connectivity index (χ1v) is 6.60. The Kier molecular flexibility index (Phi) is 4.25. The zero-order valence-electron chi connectivity index (χ0n) is 12.7. The molecule has 0 spiro atoms. The third-order valence-electron chi connectivity index (χ3n) is 3.12. The average Bonchev–Trinajstić information content (AvgIpc) is 2.84. The van der Waals surface area contributed by atoms with Crippen LogP contribution in [0.5, 0.6) is 0 Å². The van der Waals surface area contributed by atoms with Crippen molar-refractivity contribution in [1.82, 2.24) is 14.6 Å². The van der Waals surface area contributed by atoms with Crippen molar-refractivity contribution in [3.05, 3.63) is 24.2 Å². The number of hydrogen-bond donors (Lipinski definition) is 1. The molecule has 0 fully saturated rings. The van der Waals surface area contributed by atoms with Crippen LogP contribution in [0.1, 0.15) is 26.5 Å². The molecule has 2 heterocycles. The Bertz CT molecular complexity index is 570. The minimum Gasteiger partial charge on any atom is -0.363 e. The van der Waals surface area contributed by atoms with Crippen molar-refractivity contribution in [2.45, 2.75) is 32.5 Å². The molecule has 6 heteroatoms. The van der Waals surface area contributed by atoms with Crippen molar-refractivity contribution in [2.24, 2.45) is 0 Å². The van der Waals surface area contributed by atoms with Crippen molar-refractivity contribution in [2.75, 3.05) is 26.1 Å². The normalized spacial score (nSPS) is 12.3. The van der Waals surface area contributed by atoms with Gasteiger partial charge in [-0.05, 0) is 6.07 Å². The van der Waals surface area contributed by atoms with Gasteiger partial charge in [0.1, 0.15) is 5.52 Å². The summed E-state index contributed by atoms with van der Waals surface area (Å²) in [7, 11) is 3.22. The standard InChI is InChI=1S/C14H22N4O2/c1-14(2,3)11-8-10-13(15-6-7-18(10)17-11)16-9-12(19-4)20-5/h6-8,12H,9H2,1-5H3,(H,15,16). The van der Waals surface area contributed by atoms with Gasteiger partial charge in [0, 0.05) is 32.0 Å². The number of nitrogens with one attached hydrogen (secondary N) is 1. The number of nitrogens with zero attached hydrogens (tertiary/aromatic N) is 3. The second-order valence-corrected chi connectivity index (χ2v) is 5.67. The van der Waals surface area contributed by atoms with Gasteiger partial charge in [-0.25, -0.2) is 9.50 Å². The third kappa shape index (κ3) is 3.08. The SMILES string of the molecule is COC(CNc1nccn2nc(C(C)(C)C)cc12)OC. The Morgan fingerprint density at radius 1 is 1.30 bits per heavy atom. The minimum atomic E-state index is -0.304. The highest BCUT2D eigenvalue weighted by Crippen LogP contribution is 2.24. The van der Waals surface area contributed by atoms with Gasteiger partial charge < -0.3 is 14.8 Å². The van der Waals surface area contributed by atoms with Crippen LogP contribution in [0.15, 0.2) is 18.5 Å². The molecule has 0 saturated carbocycles. The van der Waals surface area contributed by atoms with E-state index in [1.807, 2.05) is 10.7 Å². The van der Waals surface area contributed by atoms with Gasteiger partial charge in [0.05, 0.1) is 12.2 Å². The van der Waals surface area contributed by atoms with Gasteiger partial charge in [0.15, 0.2) is 12.1 Å². The summed E-state index contributed by atoms with van der Waals surface area (Å²) in [4.78, 5) is 4.36. The van der Waals surface area contributed by atoms with E-state index in [0.717, 1.165) is 17.0 Å². The van der Waals surface area contributed by atoms with E-state index in [1.54, 1.807) is 20.4 Å². The summed E-state index contributed by atoms with van der Waals surface area (Å²) in [6.45, 7) is 6.94. The molecule has 6 nitrogen and oxygen atoms in total. The summed E-state index contributed by atoms with van der Waals surface area (Å²) in [5, 5.41) is 7.82. The summed E-state index contributed by atoms with van der Waals surface area (Å²) in [6, 6.07) is 2.06. The van der Waals surface area contributed by atoms with Crippen LogP contribution in [-0.4, -0.2) is 41.7 Å². The van der Waals surface area contributed by atoms with Crippen molar-refractivity contribution in [1.29, 1.82) is 0 Å². The van der Waals surface area contributed by atoms with E-state index in [2.05, 4.69) is 42.2 Å². The van der Waals surface area contributed by atoms with Gasteiger partial charge in [-0.3, -0.25) is 0 Å². The average molecular weight is 278 g/mol. The summed E-state index contributed by atoms with van der Waals surface area (Å²) >= 11 is 0. The lowest BCUT2D eigenvalue weighted by Gasteiger charge is -2.14. The van der Waals surface area contributed by atoms with Crippen LogP contribution < -0.4 is 5.32 Å². The lowest BCUT2D eigenvalue weighted by atomic mass is 9.92. The minimum absolute atomic E-state index is 0.00485. The topological polar surface area (TPSA) is 60.7 Å². The maximum Gasteiger partial charge on any atom is 0.173 e. The molecule has 2 aromatic rings. The van der Waals surface area contributed by atoms with E-state index in [9.17, 15) is 0 Å². The molecular formula is C14H22N4O2. The lowest BCUT2D eigenvalue weighted by Crippen LogP contribution is -2.24. The Morgan fingerprint density at radius 3 is 2.60 bits per heavy atom. The predicted octanol–water partition coefficient (Wildman–Crippen LogP) is 2.06. The highest BCUT2D eigenvalue weighted by atomic mass is 16.7. The maximum absolute atomic E-state index is 5.16. The van der Waals surface area contributed by atoms with Gasteiger partial charge in [-0.15, -0.1) is 0 Å². The van der Waals surface area contributed by atoms with E-state index in [4.69, 9.17) is 9.47 Å². The number of rotatable bonds is 5. The van der Waals surface area contributed by atoms with E-state index in [-0.39, 0.29) is 11.7 Å². The summed E-state index contributed by atoms with van der Waals surface area (Å²) in [6.07, 6.45) is 3.27. The number of fused-ring (bicyclic) bond motifs is 1. The van der Waals surface area contributed by atoms with Gasteiger partial charge in [-0.1, -0.05) is 20.8 Å². The maximum atomic E-state index is 5.16. The van der Waals surface area contributed by atoms with Crippen molar-refractivity contribution in [3.8, 4) is 0 Å². The van der Waals surface area contributed by atoms with E-state index < -0.39 is 0 Å². The van der Waals surface area contributed by atoms with Crippen LogP contribution in [0, 0.1) is 0 Å². The Labute approximate surface area is 119 Å². The van der Waals surface area contributed by atoms with Crippen molar-refractivity contribution in [3.63, 3.8) is 0 Å². The molecule has 0 unspecified atom stereocenters. The molecule has 0 bridgehead atoms. The summed E-state index contributed by atoms with van der Waals surface area (Å²) in [5.41, 5.74) is 1.98. The highest BCUT2D eigenvalue weighted by Gasteiger charge is 2.19. The fourth-order valence-corrected chi connectivity index (χ4v) is 1.87. The van der Waals surface area contributed by atoms with Crippen LogP contribution in [-0.2, 0) is 14.9 Å². The second-order valence-electron chi connectivity index (χ2n) is 5.67. The van der Waals surface area contributed by atoms with Crippen LogP contribution in [0.4, 0.5) is 5.82 Å². The van der Waals surface area contributed by atoms with Gasteiger partial charge in [0.2, 0.25) is 0 Å². The van der Waals surface area contributed by atoms with Crippen molar-refractivity contribution >= 4 is 11.3 Å². The number of ether oxygens (including phenoxy) is 2. The van der Waals surface area contributed by atoms with Crippen LogP contribution in [0.3, 0.4) is 0 Å². The molecule has 0 aliphatic heterocycles. The van der Waals surface area contributed by atoms with Gasteiger partial charge in [0.25, 0.3) is 0 Å². The number of methoxy groups -OCH3 is 2. The molecule has 0 aliphatic carbocycles. The molecule has 0 aromatic carbocycles. The Morgan fingerprint density at radius 2 is 2.00 bits per heavy atom. The third-order valence-corrected chi connectivity index (χ3v) is 3.12. The fraction of sp³-hybridized carbons (Fsp3) is 0.571. The molecular weight excluding hydrogens is 256 g/mol. The van der Waals surface area contributed by atoms with Gasteiger partial charge >= 0.3 is 0 Å². The van der Waals surface area contributed by atoms with E-state index in [1.165, 1.54) is 0 Å². The second kappa shape index (κ2) is 5.76. The smallest absolute Gasteiger partial charge is 0.173 e. The first-order chi connectivity index (χ1) is 9.45. The molecule has 0 aliphatic rings. The zero-order chi connectivity index (χ0) is 14.8. The Balaban J connectivity index is 2.27. The first kappa shape index (κ1) is 14.7. The fourth-order valence-electron chi connectivity index (χ4n) is 1.87. The van der Waals surface area contributed by atoms with Crippen LogP contribution >= 0.6 is 0 Å². The summed E-state index contributed by atoms with van der Waals surface area (Å²) < 4.78 is 12.2. The molecule has 110 valence electrons. The largest absolute Gasteiger partial charge is 0.363 e. The lowest BCUT2D eigenvalue weighted by molar-refractivity contribution is -0.0914. The Hall–Kier alpha value is -1.66. The van der Waals surface area contributed by atoms with Crippen LogP contribution in [0.25, 0.3) is 5.52 Å². The zero-order valence-corrected chi connectivity index (χ0v) is 12.7. The molecule has 2 aromatic heterocycles. The highest BCUT2D eigenvalue weighted by molar-refractivity contribution is 5.68. The number of hydrogen-bond acceptors (Lipinski definition) is 5. The molecule has 1 N–H and O–H groups in total. The quantitative estimate of drug-likeness (QED) is 0.848. The van der Waals surface area contributed by atoms with Crippen molar-refractivity contribution < 1.29 is 9.47 Å². The molecule has 20 heavy (non-hydrogen) atoms. The van der Waals surface area contributed by atoms with E-state index >= 15 is 0 Å². The first-order valence-electron chi connectivity index (χ1n) is 6.60. The van der Waals surface area contributed by atoms with Crippen LogP contribution in [0.2, 0.25) is 0 Å². The van der Waals surface area contributed by atoms with Gasteiger partial charge in [-0.2, -0.15) is 5.10 Å². The monoisotopic (exact) mass is 278 g/mol. The predicted molar refractivity (Wildman–Crippen MR) is 78.0 cm³/mol. The number of anilines is 1. The molecule has 0 amide bonds. The molecule has 0 atom stereocenters.